The topological polar surface area (TPSA) is 49.4 Å². The average Bonchev–Trinajstić information content (AvgIpc) is 3.03. The van der Waals surface area contributed by atoms with E-state index in [1.54, 1.807) is 0 Å². The van der Waals surface area contributed by atoms with E-state index in [0.717, 1.165) is 38.6 Å². The fraction of sp³-hybridized carbons (Fsp3) is 0.765. The first-order valence-corrected chi connectivity index (χ1v) is 8.36. The zero-order valence-corrected chi connectivity index (χ0v) is 12.9. The van der Waals surface area contributed by atoms with Crippen LogP contribution in [0, 0.1) is 23.7 Å². The highest BCUT2D eigenvalue weighted by molar-refractivity contribution is 5.80. The second kappa shape index (κ2) is 6.20. The number of nitrogens with zero attached hydrogens (tertiary/aromatic N) is 1. The smallest absolute Gasteiger partial charge is 0.225 e. The largest absolute Gasteiger partial charge is 0.356 e. The summed E-state index contributed by atoms with van der Waals surface area (Å²) in [6.07, 6.45) is 10.8. The number of hydrogen-bond acceptors (Lipinski definition) is 2. The number of rotatable bonds is 6. The van der Waals surface area contributed by atoms with Crippen LogP contribution in [0.1, 0.15) is 38.5 Å². The number of carbonyl (C=O) groups is 2. The molecule has 21 heavy (non-hydrogen) atoms. The lowest BCUT2D eigenvalue weighted by Gasteiger charge is -2.29. The van der Waals surface area contributed by atoms with Crippen molar-refractivity contribution in [2.45, 2.75) is 38.5 Å². The Hall–Kier alpha value is -1.32. The molecule has 0 aliphatic heterocycles. The van der Waals surface area contributed by atoms with Gasteiger partial charge in [-0.1, -0.05) is 18.6 Å². The van der Waals surface area contributed by atoms with E-state index in [9.17, 15) is 9.59 Å². The summed E-state index contributed by atoms with van der Waals surface area (Å²) in [7, 11) is 1.88. The van der Waals surface area contributed by atoms with Crippen molar-refractivity contribution in [3.05, 3.63) is 12.2 Å². The quantitative estimate of drug-likeness (QED) is 0.600. The molecule has 2 amide bonds. The molecule has 4 heteroatoms. The van der Waals surface area contributed by atoms with Crippen molar-refractivity contribution < 1.29 is 9.59 Å². The van der Waals surface area contributed by atoms with Crippen molar-refractivity contribution in [3.8, 4) is 0 Å². The monoisotopic (exact) mass is 290 g/mol. The second-order valence-electron chi connectivity index (χ2n) is 6.92. The molecule has 4 nitrogen and oxygen atoms in total. The molecule has 0 aromatic carbocycles. The van der Waals surface area contributed by atoms with Gasteiger partial charge in [0.2, 0.25) is 11.8 Å². The lowest BCUT2D eigenvalue weighted by Crippen LogP contribution is -2.38. The Morgan fingerprint density at radius 1 is 1.24 bits per heavy atom. The minimum Gasteiger partial charge on any atom is -0.356 e. The Morgan fingerprint density at radius 3 is 2.62 bits per heavy atom. The van der Waals surface area contributed by atoms with Gasteiger partial charge in [0.1, 0.15) is 0 Å². The van der Waals surface area contributed by atoms with Gasteiger partial charge in [0, 0.05) is 32.0 Å². The van der Waals surface area contributed by atoms with Crippen LogP contribution >= 0.6 is 0 Å². The predicted molar refractivity (Wildman–Crippen MR) is 81.4 cm³/mol. The summed E-state index contributed by atoms with van der Waals surface area (Å²) >= 11 is 0. The van der Waals surface area contributed by atoms with Crippen LogP contribution in [0.4, 0.5) is 0 Å². The molecular weight excluding hydrogens is 264 g/mol. The van der Waals surface area contributed by atoms with Crippen molar-refractivity contribution in [2.75, 3.05) is 20.1 Å². The summed E-state index contributed by atoms with van der Waals surface area (Å²) in [5.41, 5.74) is 0. The standard InChI is InChI=1S/C17H26N2O2/c1-19(17(21)13-4-2-5-13)9-3-8-18-16(20)15-11-12-6-7-14(15)10-12/h6-7,12-15H,2-5,8-11H2,1H3,(H,18,20)/t12-,14+,15-/m0/s1. The molecular formula is C17H26N2O2. The van der Waals surface area contributed by atoms with Crippen LogP contribution in [-0.4, -0.2) is 36.9 Å². The molecule has 2 saturated carbocycles. The third kappa shape index (κ3) is 3.14. The number of nitrogens with one attached hydrogen (secondary N) is 1. The van der Waals surface area contributed by atoms with Gasteiger partial charge in [-0.3, -0.25) is 9.59 Å². The molecule has 2 fully saturated rings. The van der Waals surface area contributed by atoms with Gasteiger partial charge in [-0.25, -0.2) is 0 Å². The van der Waals surface area contributed by atoms with Gasteiger partial charge in [0.05, 0.1) is 0 Å². The zero-order valence-electron chi connectivity index (χ0n) is 12.9. The van der Waals surface area contributed by atoms with Gasteiger partial charge in [-0.2, -0.15) is 0 Å². The van der Waals surface area contributed by atoms with Crippen LogP contribution in [0.3, 0.4) is 0 Å². The third-order valence-corrected chi connectivity index (χ3v) is 5.42. The number of amides is 2. The van der Waals surface area contributed by atoms with E-state index in [2.05, 4.69) is 17.5 Å². The molecule has 1 N–H and O–H groups in total. The summed E-state index contributed by atoms with van der Waals surface area (Å²) in [5, 5.41) is 3.05. The van der Waals surface area contributed by atoms with Crippen LogP contribution in [0.15, 0.2) is 12.2 Å². The van der Waals surface area contributed by atoms with E-state index >= 15 is 0 Å². The van der Waals surface area contributed by atoms with Gasteiger partial charge in [-0.05, 0) is 43.9 Å². The molecule has 3 aliphatic carbocycles. The van der Waals surface area contributed by atoms with E-state index in [-0.39, 0.29) is 23.7 Å². The Kier molecular flexibility index (Phi) is 4.32. The molecule has 3 aliphatic rings. The molecule has 3 rings (SSSR count). The Morgan fingerprint density at radius 2 is 2.05 bits per heavy atom. The first-order valence-electron chi connectivity index (χ1n) is 8.36. The number of hydrogen-bond donors (Lipinski definition) is 1. The highest BCUT2D eigenvalue weighted by atomic mass is 16.2. The molecule has 0 radical (unpaired) electrons. The summed E-state index contributed by atoms with van der Waals surface area (Å²) < 4.78 is 0. The molecule has 3 atom stereocenters. The molecule has 0 heterocycles. The summed E-state index contributed by atoms with van der Waals surface area (Å²) in [5.74, 6) is 2.06. The zero-order chi connectivity index (χ0) is 14.8. The SMILES string of the molecule is CN(CCCNC(=O)[C@H]1C[C@H]2C=C[C@@H]1C2)C(=O)C1CCC1. The van der Waals surface area contributed by atoms with E-state index < -0.39 is 0 Å². The third-order valence-electron chi connectivity index (χ3n) is 5.42. The van der Waals surface area contributed by atoms with Gasteiger partial charge in [0.25, 0.3) is 0 Å². The van der Waals surface area contributed by atoms with Crippen LogP contribution in [-0.2, 0) is 9.59 Å². The van der Waals surface area contributed by atoms with Crippen molar-refractivity contribution in [1.29, 1.82) is 0 Å². The maximum absolute atomic E-state index is 12.2. The van der Waals surface area contributed by atoms with E-state index in [1.165, 1.54) is 6.42 Å². The predicted octanol–water partition coefficient (Wildman–Crippen LogP) is 1.96. The van der Waals surface area contributed by atoms with Gasteiger partial charge in [0.15, 0.2) is 0 Å². The molecule has 0 spiro atoms. The van der Waals surface area contributed by atoms with E-state index in [0.29, 0.717) is 18.4 Å². The van der Waals surface area contributed by atoms with Gasteiger partial charge < -0.3 is 10.2 Å². The maximum Gasteiger partial charge on any atom is 0.225 e. The molecule has 0 saturated heterocycles. The first-order chi connectivity index (χ1) is 10.1. The van der Waals surface area contributed by atoms with Crippen molar-refractivity contribution in [3.63, 3.8) is 0 Å². The van der Waals surface area contributed by atoms with Gasteiger partial charge >= 0.3 is 0 Å². The van der Waals surface area contributed by atoms with Gasteiger partial charge in [-0.15, -0.1) is 0 Å². The molecule has 2 bridgehead atoms. The van der Waals surface area contributed by atoms with Crippen LogP contribution in [0.25, 0.3) is 0 Å². The number of allylic oxidation sites excluding steroid dienone is 2. The van der Waals surface area contributed by atoms with Crippen LogP contribution in [0.2, 0.25) is 0 Å². The normalized spacial score (nSPS) is 30.2. The number of carbonyl (C=O) groups excluding carboxylic acids is 2. The lowest BCUT2D eigenvalue weighted by atomic mass is 9.84. The maximum atomic E-state index is 12.2. The lowest BCUT2D eigenvalue weighted by molar-refractivity contribution is -0.136. The Balaban J connectivity index is 1.32. The van der Waals surface area contributed by atoms with Crippen LogP contribution < -0.4 is 5.32 Å². The fourth-order valence-corrected chi connectivity index (χ4v) is 3.82. The molecule has 0 unspecified atom stereocenters. The van der Waals surface area contributed by atoms with Crippen LogP contribution in [0.5, 0.6) is 0 Å². The first kappa shape index (κ1) is 14.6. The molecule has 0 aromatic heterocycles. The van der Waals surface area contributed by atoms with Crippen molar-refractivity contribution in [2.24, 2.45) is 23.7 Å². The molecule has 0 aromatic rings. The Bertz CT molecular complexity index is 442. The van der Waals surface area contributed by atoms with E-state index in [4.69, 9.17) is 0 Å². The average molecular weight is 290 g/mol. The fourth-order valence-electron chi connectivity index (χ4n) is 3.82. The second-order valence-corrected chi connectivity index (χ2v) is 6.92. The number of fused-ring (bicyclic) bond motifs is 2. The van der Waals surface area contributed by atoms with Crippen molar-refractivity contribution in [1.82, 2.24) is 10.2 Å². The van der Waals surface area contributed by atoms with Crippen molar-refractivity contribution >= 4 is 11.8 Å². The van der Waals surface area contributed by atoms with E-state index in [1.807, 2.05) is 11.9 Å². The summed E-state index contributed by atoms with van der Waals surface area (Å²) in [4.78, 5) is 26.0. The minimum atomic E-state index is 0.189. The highest BCUT2D eigenvalue weighted by Gasteiger charge is 2.39. The highest BCUT2D eigenvalue weighted by Crippen LogP contribution is 2.43. The summed E-state index contributed by atoms with van der Waals surface area (Å²) in [6.45, 7) is 1.42. The minimum absolute atomic E-state index is 0.189. The molecule has 116 valence electrons. The Labute approximate surface area is 127 Å². The summed E-state index contributed by atoms with van der Waals surface area (Å²) in [6, 6.07) is 0.